The van der Waals surface area contributed by atoms with Crippen molar-refractivity contribution in [3.63, 3.8) is 0 Å². The molecular formula is C24H20ClFN4O4S. The van der Waals surface area contributed by atoms with Crippen molar-refractivity contribution in [2.24, 2.45) is 0 Å². The number of anilines is 2. The number of hydrogen-bond acceptors (Lipinski definition) is 7. The molecule has 4 aromatic rings. The Balaban J connectivity index is 1.79. The summed E-state index contributed by atoms with van der Waals surface area (Å²) in [6.45, 7) is 0.438. The van der Waals surface area contributed by atoms with Crippen molar-refractivity contribution in [2.45, 2.75) is 18.2 Å². The summed E-state index contributed by atoms with van der Waals surface area (Å²) in [5.41, 5.74) is 1.15. The molecule has 0 radical (unpaired) electrons. The second-order valence-electron chi connectivity index (χ2n) is 7.65. The fraction of sp³-hybridized carbons (Fsp3) is 0.125. The summed E-state index contributed by atoms with van der Waals surface area (Å²) >= 11 is 6.18. The van der Waals surface area contributed by atoms with Gasteiger partial charge in [0.1, 0.15) is 11.6 Å². The van der Waals surface area contributed by atoms with Gasteiger partial charge in [0.25, 0.3) is 5.91 Å². The molecule has 0 saturated carbocycles. The van der Waals surface area contributed by atoms with E-state index in [4.69, 9.17) is 16.0 Å². The summed E-state index contributed by atoms with van der Waals surface area (Å²) in [4.78, 5) is 23.1. The number of nitrogens with zero attached hydrogens (tertiary/aromatic N) is 3. The van der Waals surface area contributed by atoms with Gasteiger partial charge in [0.2, 0.25) is 15.0 Å². The van der Waals surface area contributed by atoms with Crippen molar-refractivity contribution in [1.82, 2.24) is 9.97 Å². The molecule has 2 aromatic heterocycles. The van der Waals surface area contributed by atoms with Crippen molar-refractivity contribution in [2.75, 3.05) is 16.5 Å². The summed E-state index contributed by atoms with van der Waals surface area (Å²) in [6.07, 6.45) is 3.74. The standard InChI is InChI=1S/C24H20ClFN4O4S/c1-35(32,33)24-27-13-21(22(29-24)23(31)28-20-7-3-2-6-19(20)25)30(15-18-5-4-12-34-18)14-16-8-10-17(26)11-9-16/h2-13H,14-15H2,1H3,(H,28,31). The molecule has 35 heavy (non-hydrogen) atoms. The van der Waals surface area contributed by atoms with Crippen LogP contribution in [-0.2, 0) is 22.9 Å². The molecule has 4 rings (SSSR count). The van der Waals surface area contributed by atoms with Crippen LogP contribution in [0.2, 0.25) is 5.02 Å². The van der Waals surface area contributed by atoms with Gasteiger partial charge in [0.15, 0.2) is 5.69 Å². The molecule has 1 N–H and O–H groups in total. The first-order valence-electron chi connectivity index (χ1n) is 10.4. The quantitative estimate of drug-likeness (QED) is 0.339. The Labute approximate surface area is 206 Å². The van der Waals surface area contributed by atoms with Crippen LogP contribution in [0.25, 0.3) is 0 Å². The smallest absolute Gasteiger partial charge is 0.276 e. The predicted molar refractivity (Wildman–Crippen MR) is 130 cm³/mol. The van der Waals surface area contributed by atoms with E-state index < -0.39 is 20.9 Å². The number of carbonyl (C=O) groups is 1. The van der Waals surface area contributed by atoms with Crippen molar-refractivity contribution in [3.05, 3.63) is 101 Å². The molecule has 180 valence electrons. The third kappa shape index (κ3) is 6.03. The highest BCUT2D eigenvalue weighted by atomic mass is 35.5. The fourth-order valence-electron chi connectivity index (χ4n) is 3.31. The van der Waals surface area contributed by atoms with Gasteiger partial charge < -0.3 is 14.6 Å². The van der Waals surface area contributed by atoms with Gasteiger partial charge >= 0.3 is 0 Å². The zero-order valence-corrected chi connectivity index (χ0v) is 20.1. The fourth-order valence-corrected chi connectivity index (χ4v) is 3.99. The maximum absolute atomic E-state index is 13.4. The number of carbonyl (C=O) groups excluding carboxylic acids is 1. The number of benzene rings is 2. The normalized spacial score (nSPS) is 11.3. The third-order valence-corrected chi connectivity index (χ3v) is 6.16. The van der Waals surface area contributed by atoms with Gasteiger partial charge in [0.05, 0.1) is 35.4 Å². The van der Waals surface area contributed by atoms with Crippen molar-refractivity contribution in [1.29, 1.82) is 0 Å². The van der Waals surface area contributed by atoms with E-state index >= 15 is 0 Å². The number of para-hydroxylation sites is 1. The molecule has 2 heterocycles. The molecule has 0 aliphatic carbocycles. The summed E-state index contributed by atoms with van der Waals surface area (Å²) in [5.74, 6) is -0.479. The number of furan rings is 1. The molecule has 1 amide bonds. The largest absolute Gasteiger partial charge is 0.467 e. The van der Waals surface area contributed by atoms with E-state index in [2.05, 4.69) is 15.3 Å². The molecule has 0 saturated heterocycles. The summed E-state index contributed by atoms with van der Waals surface area (Å²) < 4.78 is 43.2. The van der Waals surface area contributed by atoms with E-state index in [1.54, 1.807) is 53.4 Å². The molecule has 0 atom stereocenters. The zero-order chi connectivity index (χ0) is 25.0. The van der Waals surface area contributed by atoms with Gasteiger partial charge in [-0.05, 0) is 42.0 Å². The Morgan fingerprint density at radius 1 is 1.09 bits per heavy atom. The zero-order valence-electron chi connectivity index (χ0n) is 18.5. The van der Waals surface area contributed by atoms with E-state index in [0.29, 0.717) is 16.5 Å². The lowest BCUT2D eigenvalue weighted by Gasteiger charge is -2.25. The van der Waals surface area contributed by atoms with Gasteiger partial charge in [-0.25, -0.2) is 22.8 Å². The summed E-state index contributed by atoms with van der Waals surface area (Å²) in [7, 11) is -3.80. The number of hydrogen-bond donors (Lipinski definition) is 1. The Morgan fingerprint density at radius 3 is 2.49 bits per heavy atom. The Kier molecular flexibility index (Phi) is 7.13. The van der Waals surface area contributed by atoms with Gasteiger partial charge in [0, 0.05) is 12.8 Å². The first-order valence-corrected chi connectivity index (χ1v) is 12.6. The topological polar surface area (TPSA) is 105 Å². The number of nitrogens with one attached hydrogen (secondary N) is 1. The third-order valence-electron chi connectivity index (χ3n) is 4.97. The number of amides is 1. The van der Waals surface area contributed by atoms with Crippen LogP contribution in [-0.4, -0.2) is 30.5 Å². The van der Waals surface area contributed by atoms with Crippen LogP contribution in [0.5, 0.6) is 0 Å². The van der Waals surface area contributed by atoms with Crippen LogP contribution in [0.15, 0.2) is 82.7 Å². The number of rotatable bonds is 8. The van der Waals surface area contributed by atoms with E-state index in [1.165, 1.54) is 24.6 Å². The molecule has 0 spiro atoms. The molecule has 0 bridgehead atoms. The highest BCUT2D eigenvalue weighted by Gasteiger charge is 2.24. The first-order chi connectivity index (χ1) is 16.7. The monoisotopic (exact) mass is 514 g/mol. The lowest BCUT2D eigenvalue weighted by molar-refractivity contribution is 0.102. The molecule has 11 heteroatoms. The number of sulfone groups is 1. The Bertz CT molecular complexity index is 1440. The molecular weight excluding hydrogens is 495 g/mol. The van der Waals surface area contributed by atoms with Gasteiger partial charge in [-0.15, -0.1) is 0 Å². The van der Waals surface area contributed by atoms with Crippen LogP contribution >= 0.6 is 11.6 Å². The van der Waals surface area contributed by atoms with Crippen LogP contribution in [0.1, 0.15) is 21.8 Å². The second-order valence-corrected chi connectivity index (χ2v) is 9.97. The van der Waals surface area contributed by atoms with Crippen LogP contribution < -0.4 is 10.2 Å². The van der Waals surface area contributed by atoms with E-state index in [1.807, 2.05) is 0 Å². The molecule has 0 aliphatic rings. The highest BCUT2D eigenvalue weighted by Crippen LogP contribution is 2.27. The van der Waals surface area contributed by atoms with Crippen molar-refractivity contribution < 1.29 is 22.0 Å². The minimum Gasteiger partial charge on any atom is -0.467 e. The van der Waals surface area contributed by atoms with Crippen molar-refractivity contribution in [3.8, 4) is 0 Å². The Hall–Kier alpha value is -3.76. The van der Waals surface area contributed by atoms with Crippen LogP contribution in [0, 0.1) is 5.82 Å². The van der Waals surface area contributed by atoms with Gasteiger partial charge in [-0.2, -0.15) is 0 Å². The van der Waals surface area contributed by atoms with E-state index in [0.717, 1.165) is 11.8 Å². The average molecular weight is 515 g/mol. The molecule has 0 aliphatic heterocycles. The summed E-state index contributed by atoms with van der Waals surface area (Å²) in [5, 5.41) is 2.48. The molecule has 2 aromatic carbocycles. The molecule has 8 nitrogen and oxygen atoms in total. The van der Waals surface area contributed by atoms with E-state index in [9.17, 15) is 17.6 Å². The van der Waals surface area contributed by atoms with Gasteiger partial charge in [-0.3, -0.25) is 4.79 Å². The van der Waals surface area contributed by atoms with E-state index in [-0.39, 0.29) is 30.3 Å². The lowest BCUT2D eigenvalue weighted by atomic mass is 10.1. The highest BCUT2D eigenvalue weighted by molar-refractivity contribution is 7.90. The lowest BCUT2D eigenvalue weighted by Crippen LogP contribution is -2.27. The number of aromatic nitrogens is 2. The van der Waals surface area contributed by atoms with Crippen LogP contribution in [0.4, 0.5) is 15.8 Å². The minimum absolute atomic E-state index is 0.172. The molecule has 0 fully saturated rings. The van der Waals surface area contributed by atoms with Gasteiger partial charge in [-0.1, -0.05) is 35.9 Å². The first kappa shape index (κ1) is 24.4. The maximum Gasteiger partial charge on any atom is 0.276 e. The summed E-state index contributed by atoms with van der Waals surface area (Å²) in [6, 6.07) is 16.0. The minimum atomic E-state index is -3.80. The molecule has 0 unspecified atom stereocenters. The average Bonchev–Trinajstić information content (AvgIpc) is 3.34. The van der Waals surface area contributed by atoms with Crippen molar-refractivity contribution >= 4 is 38.7 Å². The number of halogens is 2. The Morgan fingerprint density at radius 2 is 1.83 bits per heavy atom. The predicted octanol–water partition coefficient (Wildman–Crippen LogP) is 4.72. The van der Waals surface area contributed by atoms with Crippen LogP contribution in [0.3, 0.4) is 0 Å². The SMILES string of the molecule is CS(=O)(=O)c1ncc(N(Cc2ccc(F)cc2)Cc2ccco2)c(C(=O)Nc2ccccc2Cl)n1. The maximum atomic E-state index is 13.4. The second kappa shape index (κ2) is 10.2.